The predicted octanol–water partition coefficient (Wildman–Crippen LogP) is 3.82. The Morgan fingerprint density at radius 3 is 2.72 bits per heavy atom. The summed E-state index contributed by atoms with van der Waals surface area (Å²) in [7, 11) is 0. The molecule has 2 nitrogen and oxygen atoms in total. The van der Waals surface area contributed by atoms with Crippen molar-refractivity contribution in [1.29, 1.82) is 0 Å². The lowest BCUT2D eigenvalue weighted by molar-refractivity contribution is 0.0900. The highest BCUT2D eigenvalue weighted by Crippen LogP contribution is 2.18. The molecule has 0 bridgehead atoms. The maximum Gasteiger partial charge on any atom is 0.252 e. The molecule has 1 aromatic rings. The van der Waals surface area contributed by atoms with Crippen LogP contribution in [-0.4, -0.2) is 16.8 Å². The van der Waals surface area contributed by atoms with Crippen molar-refractivity contribution in [3.8, 4) is 0 Å². The number of aryl methyl sites for hydroxylation is 1. The van der Waals surface area contributed by atoms with E-state index in [1.165, 1.54) is 12.1 Å². The molecule has 0 aliphatic carbocycles. The molecule has 1 amide bonds. The predicted molar refractivity (Wildman–Crippen MR) is 75.7 cm³/mol. The number of carbonyl (C=O) groups is 1. The first-order valence-corrected chi connectivity index (χ1v) is 7.18. The molecule has 1 rings (SSSR count). The molecule has 0 saturated carbocycles. The average molecular weight is 316 g/mol. The van der Waals surface area contributed by atoms with Gasteiger partial charge in [0.15, 0.2) is 0 Å². The second-order valence-electron chi connectivity index (χ2n) is 4.77. The van der Waals surface area contributed by atoms with Gasteiger partial charge in [-0.05, 0) is 44.4 Å². The largest absolute Gasteiger partial charge is 0.347 e. The van der Waals surface area contributed by atoms with E-state index in [4.69, 9.17) is 0 Å². The summed E-state index contributed by atoms with van der Waals surface area (Å²) in [5.41, 5.74) is 0.926. The molecule has 0 fully saturated rings. The zero-order valence-corrected chi connectivity index (χ0v) is 12.6. The minimum Gasteiger partial charge on any atom is -0.347 e. The Hall–Kier alpha value is -0.900. The minimum absolute atomic E-state index is 0.211. The number of hydrogen-bond donors (Lipinski definition) is 1. The fourth-order valence-corrected chi connectivity index (χ4v) is 2.59. The lowest BCUT2D eigenvalue weighted by Crippen LogP contribution is -2.46. The van der Waals surface area contributed by atoms with Crippen LogP contribution in [0.2, 0.25) is 0 Å². The van der Waals surface area contributed by atoms with Gasteiger partial charge in [0.25, 0.3) is 5.91 Å². The normalized spacial score (nSPS) is 14.1. The van der Waals surface area contributed by atoms with E-state index in [2.05, 4.69) is 21.2 Å². The minimum atomic E-state index is -0.385. The van der Waals surface area contributed by atoms with Crippen LogP contribution in [0.4, 0.5) is 4.39 Å². The van der Waals surface area contributed by atoms with Crippen LogP contribution < -0.4 is 5.32 Å². The van der Waals surface area contributed by atoms with E-state index in [1.807, 2.05) is 20.8 Å². The molecule has 1 N–H and O–H groups in total. The molecule has 0 aromatic heterocycles. The summed E-state index contributed by atoms with van der Waals surface area (Å²) in [6.45, 7) is 5.84. The van der Waals surface area contributed by atoms with Crippen LogP contribution in [0.1, 0.15) is 42.6 Å². The quantitative estimate of drug-likeness (QED) is 0.822. The molecule has 0 radical (unpaired) electrons. The SMILES string of the molecule is CCC(C)(CCBr)NC(=O)c1cc(F)ccc1C. The second kappa shape index (κ2) is 6.32. The topological polar surface area (TPSA) is 29.1 Å². The zero-order chi connectivity index (χ0) is 13.8. The third kappa shape index (κ3) is 3.80. The number of carbonyl (C=O) groups excluding carboxylic acids is 1. The lowest BCUT2D eigenvalue weighted by atomic mass is 9.94. The molecule has 0 spiro atoms. The van der Waals surface area contributed by atoms with Gasteiger partial charge >= 0.3 is 0 Å². The van der Waals surface area contributed by atoms with Crippen LogP contribution in [0.15, 0.2) is 18.2 Å². The lowest BCUT2D eigenvalue weighted by Gasteiger charge is -2.29. The van der Waals surface area contributed by atoms with E-state index in [0.717, 1.165) is 23.7 Å². The second-order valence-corrected chi connectivity index (χ2v) is 5.56. The fraction of sp³-hybridized carbons (Fsp3) is 0.500. The smallest absolute Gasteiger partial charge is 0.252 e. The van der Waals surface area contributed by atoms with Crippen LogP contribution in [0.25, 0.3) is 0 Å². The van der Waals surface area contributed by atoms with Crippen molar-refractivity contribution in [1.82, 2.24) is 5.32 Å². The Balaban J connectivity index is 2.90. The van der Waals surface area contributed by atoms with Crippen molar-refractivity contribution in [2.45, 2.75) is 39.2 Å². The van der Waals surface area contributed by atoms with Gasteiger partial charge in [0.1, 0.15) is 5.82 Å². The molecule has 0 heterocycles. The number of halogens is 2. The first kappa shape index (κ1) is 15.2. The molecule has 1 aromatic carbocycles. The monoisotopic (exact) mass is 315 g/mol. The Bertz CT molecular complexity index is 436. The third-order valence-corrected chi connectivity index (χ3v) is 3.68. The summed E-state index contributed by atoms with van der Waals surface area (Å²) in [5.74, 6) is -0.596. The number of nitrogens with one attached hydrogen (secondary N) is 1. The van der Waals surface area contributed by atoms with E-state index >= 15 is 0 Å². The van der Waals surface area contributed by atoms with E-state index in [0.29, 0.717) is 5.56 Å². The van der Waals surface area contributed by atoms with E-state index in [9.17, 15) is 9.18 Å². The van der Waals surface area contributed by atoms with Gasteiger partial charge in [-0.1, -0.05) is 28.9 Å². The van der Waals surface area contributed by atoms with Crippen molar-refractivity contribution in [2.24, 2.45) is 0 Å². The van der Waals surface area contributed by atoms with E-state index in [1.54, 1.807) is 6.07 Å². The van der Waals surface area contributed by atoms with Crippen LogP contribution >= 0.6 is 15.9 Å². The Morgan fingerprint density at radius 1 is 1.50 bits per heavy atom. The maximum absolute atomic E-state index is 13.2. The molecule has 100 valence electrons. The highest BCUT2D eigenvalue weighted by molar-refractivity contribution is 9.09. The summed E-state index contributed by atoms with van der Waals surface area (Å²) in [4.78, 5) is 12.2. The number of benzene rings is 1. The Morgan fingerprint density at radius 2 is 2.17 bits per heavy atom. The maximum atomic E-state index is 13.2. The molecule has 1 atom stereocenters. The molecule has 1 unspecified atom stereocenters. The molecule has 0 aliphatic heterocycles. The molecular weight excluding hydrogens is 297 g/mol. The Labute approximate surface area is 116 Å². The zero-order valence-electron chi connectivity index (χ0n) is 11.0. The molecule has 18 heavy (non-hydrogen) atoms. The number of alkyl halides is 1. The van der Waals surface area contributed by atoms with Crippen LogP contribution in [0.5, 0.6) is 0 Å². The first-order chi connectivity index (χ1) is 8.41. The summed E-state index contributed by atoms with van der Waals surface area (Å²) < 4.78 is 13.2. The molecular formula is C14H19BrFNO. The highest BCUT2D eigenvalue weighted by Gasteiger charge is 2.24. The van der Waals surface area contributed by atoms with E-state index in [-0.39, 0.29) is 17.3 Å². The van der Waals surface area contributed by atoms with Crippen molar-refractivity contribution >= 4 is 21.8 Å². The standard InChI is InChI=1S/C14H19BrFNO/c1-4-14(3,7-8-15)17-13(18)12-9-11(16)6-5-10(12)2/h5-6,9H,4,7-8H2,1-3H3,(H,17,18). The van der Waals surface area contributed by atoms with Crippen LogP contribution in [0, 0.1) is 12.7 Å². The van der Waals surface area contributed by atoms with Gasteiger partial charge in [-0.3, -0.25) is 4.79 Å². The van der Waals surface area contributed by atoms with Gasteiger partial charge in [0.2, 0.25) is 0 Å². The van der Waals surface area contributed by atoms with Gasteiger partial charge in [-0.25, -0.2) is 4.39 Å². The summed E-state index contributed by atoms with van der Waals surface area (Å²) in [5, 5.41) is 3.81. The van der Waals surface area contributed by atoms with E-state index < -0.39 is 0 Å². The van der Waals surface area contributed by atoms with Crippen LogP contribution in [-0.2, 0) is 0 Å². The van der Waals surface area contributed by atoms with Crippen molar-refractivity contribution in [2.75, 3.05) is 5.33 Å². The van der Waals surface area contributed by atoms with Gasteiger partial charge in [-0.15, -0.1) is 0 Å². The third-order valence-electron chi connectivity index (χ3n) is 3.29. The van der Waals surface area contributed by atoms with Crippen LogP contribution in [0.3, 0.4) is 0 Å². The summed E-state index contributed by atoms with van der Waals surface area (Å²) in [6, 6.07) is 4.27. The molecule has 4 heteroatoms. The van der Waals surface area contributed by atoms with Crippen molar-refractivity contribution in [3.63, 3.8) is 0 Å². The van der Waals surface area contributed by atoms with Gasteiger partial charge < -0.3 is 5.32 Å². The first-order valence-electron chi connectivity index (χ1n) is 6.06. The number of amides is 1. The van der Waals surface area contributed by atoms with Crippen molar-refractivity contribution < 1.29 is 9.18 Å². The molecule has 0 aliphatic rings. The summed E-state index contributed by atoms with van der Waals surface area (Å²) in [6.07, 6.45) is 1.67. The molecule has 0 saturated heterocycles. The van der Waals surface area contributed by atoms with Gasteiger partial charge in [0, 0.05) is 16.4 Å². The number of hydrogen-bond acceptors (Lipinski definition) is 1. The number of rotatable bonds is 5. The summed E-state index contributed by atoms with van der Waals surface area (Å²) >= 11 is 3.39. The average Bonchev–Trinajstić information content (AvgIpc) is 2.32. The van der Waals surface area contributed by atoms with Crippen molar-refractivity contribution in [3.05, 3.63) is 35.1 Å². The van der Waals surface area contributed by atoms with Gasteiger partial charge in [-0.2, -0.15) is 0 Å². The fourth-order valence-electron chi connectivity index (χ4n) is 1.72. The Kier molecular flexibility index (Phi) is 5.32. The highest BCUT2D eigenvalue weighted by atomic mass is 79.9. The van der Waals surface area contributed by atoms with Gasteiger partial charge in [0.05, 0.1) is 0 Å².